The minimum absolute atomic E-state index is 0.0440. The molecule has 0 saturated carbocycles. The summed E-state index contributed by atoms with van der Waals surface area (Å²) < 4.78 is 5.34. The van der Waals surface area contributed by atoms with E-state index in [-0.39, 0.29) is 5.69 Å². The number of nitro benzene ring substituents is 1. The molecular weight excluding hydrogens is 372 g/mol. The summed E-state index contributed by atoms with van der Waals surface area (Å²) in [6, 6.07) is 11.0. The fourth-order valence-electron chi connectivity index (χ4n) is 2.68. The number of anilines is 1. The highest BCUT2D eigenvalue weighted by Crippen LogP contribution is 2.25. The van der Waals surface area contributed by atoms with Crippen LogP contribution in [-0.4, -0.2) is 43.3 Å². The van der Waals surface area contributed by atoms with Crippen molar-refractivity contribution >= 4 is 35.1 Å². The smallest absolute Gasteiger partial charge is 0.271 e. The predicted molar refractivity (Wildman–Crippen MR) is 103 cm³/mol. The van der Waals surface area contributed by atoms with Gasteiger partial charge in [-0.25, -0.2) is 5.43 Å². The van der Waals surface area contributed by atoms with Crippen LogP contribution < -0.4 is 10.3 Å². The van der Waals surface area contributed by atoms with Gasteiger partial charge in [0, 0.05) is 47.1 Å². The van der Waals surface area contributed by atoms with Crippen molar-refractivity contribution in [1.29, 1.82) is 0 Å². The number of carbonyl (C=O) groups is 1. The fourth-order valence-corrected chi connectivity index (χ4v) is 2.80. The summed E-state index contributed by atoms with van der Waals surface area (Å²) in [6.07, 6.45) is 1.41. The first-order chi connectivity index (χ1) is 13.0. The molecule has 8 nitrogen and oxygen atoms in total. The molecule has 27 heavy (non-hydrogen) atoms. The maximum absolute atomic E-state index is 12.1. The number of morpholine rings is 1. The fraction of sp³-hybridized carbons (Fsp3) is 0.222. The second-order valence-corrected chi connectivity index (χ2v) is 6.24. The van der Waals surface area contributed by atoms with Gasteiger partial charge >= 0.3 is 0 Å². The standard InChI is InChI=1S/C18H17ClN4O4/c19-15-3-1-13(2-4-15)18(24)21-20-12-14-11-16(23(25)26)5-6-17(14)22-7-9-27-10-8-22/h1-6,11-12H,7-10H2,(H,21,24)/b20-12-. The Morgan fingerprint density at radius 1 is 1.22 bits per heavy atom. The van der Waals surface area contributed by atoms with Gasteiger partial charge in [-0.3, -0.25) is 14.9 Å². The Hall–Kier alpha value is -2.97. The van der Waals surface area contributed by atoms with Gasteiger partial charge in [-0.2, -0.15) is 5.10 Å². The van der Waals surface area contributed by atoms with Crippen LogP contribution in [0, 0.1) is 10.1 Å². The van der Waals surface area contributed by atoms with Crippen LogP contribution in [0.5, 0.6) is 0 Å². The summed E-state index contributed by atoms with van der Waals surface area (Å²) in [6.45, 7) is 2.52. The van der Waals surface area contributed by atoms with E-state index in [2.05, 4.69) is 15.4 Å². The molecule has 1 heterocycles. The number of hydrogen-bond acceptors (Lipinski definition) is 6. The summed E-state index contributed by atoms with van der Waals surface area (Å²) in [5.74, 6) is -0.402. The number of nitrogens with one attached hydrogen (secondary N) is 1. The number of nitrogens with zero attached hydrogens (tertiary/aromatic N) is 3. The summed E-state index contributed by atoms with van der Waals surface area (Å²) in [4.78, 5) is 24.8. The Morgan fingerprint density at radius 3 is 2.59 bits per heavy atom. The lowest BCUT2D eigenvalue weighted by molar-refractivity contribution is -0.384. The van der Waals surface area contributed by atoms with Gasteiger partial charge in [0.1, 0.15) is 0 Å². The molecule has 1 fully saturated rings. The third-order valence-corrected chi connectivity index (χ3v) is 4.30. The first-order valence-electron chi connectivity index (χ1n) is 8.25. The molecule has 0 bridgehead atoms. The Kier molecular flexibility index (Phi) is 6.00. The lowest BCUT2D eigenvalue weighted by Crippen LogP contribution is -2.36. The van der Waals surface area contributed by atoms with Crippen LogP contribution in [0.3, 0.4) is 0 Å². The lowest BCUT2D eigenvalue weighted by atomic mass is 10.1. The minimum Gasteiger partial charge on any atom is -0.378 e. The van der Waals surface area contributed by atoms with Gasteiger partial charge < -0.3 is 9.64 Å². The van der Waals surface area contributed by atoms with E-state index in [0.29, 0.717) is 42.5 Å². The van der Waals surface area contributed by atoms with Gasteiger partial charge in [0.05, 0.1) is 24.4 Å². The molecule has 140 valence electrons. The highest BCUT2D eigenvalue weighted by atomic mass is 35.5. The number of nitro groups is 1. The molecule has 0 aliphatic carbocycles. The average Bonchev–Trinajstić information content (AvgIpc) is 2.69. The van der Waals surface area contributed by atoms with Crippen molar-refractivity contribution in [1.82, 2.24) is 5.43 Å². The van der Waals surface area contributed by atoms with Crippen LogP contribution in [0.4, 0.5) is 11.4 Å². The SMILES string of the molecule is O=C(N/N=C\c1cc([N+](=O)[O-])ccc1N1CCOCC1)c1ccc(Cl)cc1. The molecule has 3 rings (SSSR count). The van der Waals surface area contributed by atoms with Crippen molar-refractivity contribution in [2.45, 2.75) is 0 Å². The largest absolute Gasteiger partial charge is 0.378 e. The minimum atomic E-state index is -0.466. The van der Waals surface area contributed by atoms with Crippen LogP contribution in [-0.2, 0) is 4.74 Å². The number of carbonyl (C=O) groups excluding carboxylic acids is 1. The van der Waals surface area contributed by atoms with Crippen LogP contribution in [0.15, 0.2) is 47.6 Å². The molecule has 1 N–H and O–H groups in total. The summed E-state index contributed by atoms with van der Waals surface area (Å²) in [7, 11) is 0. The van der Waals surface area contributed by atoms with E-state index in [1.54, 1.807) is 30.3 Å². The third-order valence-electron chi connectivity index (χ3n) is 4.05. The average molecular weight is 389 g/mol. The van der Waals surface area contributed by atoms with Crippen molar-refractivity contribution in [3.63, 3.8) is 0 Å². The molecular formula is C18H17ClN4O4. The quantitative estimate of drug-likeness (QED) is 0.482. The first kappa shape index (κ1) is 18.8. The third kappa shape index (κ3) is 4.81. The molecule has 0 spiro atoms. The summed E-state index contributed by atoms with van der Waals surface area (Å²) in [5.41, 5.74) is 4.13. The number of hydrogen-bond donors (Lipinski definition) is 1. The second kappa shape index (κ2) is 8.61. The number of ether oxygens (including phenoxy) is 1. The molecule has 1 amide bonds. The number of hydrazone groups is 1. The van der Waals surface area contributed by atoms with Crippen molar-refractivity contribution in [3.8, 4) is 0 Å². The zero-order chi connectivity index (χ0) is 19.2. The monoisotopic (exact) mass is 388 g/mol. The van der Waals surface area contributed by atoms with Gasteiger partial charge in [0.2, 0.25) is 0 Å². The van der Waals surface area contributed by atoms with Crippen LogP contribution in [0.2, 0.25) is 5.02 Å². The Morgan fingerprint density at radius 2 is 1.93 bits per heavy atom. The summed E-state index contributed by atoms with van der Waals surface area (Å²) >= 11 is 5.80. The van der Waals surface area contributed by atoms with Crippen molar-refractivity contribution in [3.05, 3.63) is 68.7 Å². The number of rotatable bonds is 5. The van der Waals surface area contributed by atoms with Gasteiger partial charge in [0.25, 0.3) is 11.6 Å². The van der Waals surface area contributed by atoms with E-state index < -0.39 is 10.8 Å². The van der Waals surface area contributed by atoms with E-state index in [9.17, 15) is 14.9 Å². The van der Waals surface area contributed by atoms with Crippen molar-refractivity contribution in [2.75, 3.05) is 31.2 Å². The molecule has 0 aromatic heterocycles. The molecule has 2 aromatic rings. The van der Waals surface area contributed by atoms with E-state index >= 15 is 0 Å². The first-order valence-corrected chi connectivity index (χ1v) is 8.62. The molecule has 2 aromatic carbocycles. The number of amides is 1. The zero-order valence-electron chi connectivity index (χ0n) is 14.3. The molecule has 0 atom stereocenters. The highest BCUT2D eigenvalue weighted by molar-refractivity contribution is 6.30. The van der Waals surface area contributed by atoms with E-state index in [1.807, 2.05) is 0 Å². The number of benzene rings is 2. The second-order valence-electron chi connectivity index (χ2n) is 5.81. The van der Waals surface area contributed by atoms with E-state index in [4.69, 9.17) is 16.3 Å². The summed E-state index contributed by atoms with van der Waals surface area (Å²) in [5, 5.41) is 15.6. The Balaban J connectivity index is 1.79. The van der Waals surface area contributed by atoms with Crippen molar-refractivity contribution in [2.24, 2.45) is 5.10 Å². The molecule has 0 unspecified atom stereocenters. The molecule has 1 aliphatic rings. The topological polar surface area (TPSA) is 97.1 Å². The van der Waals surface area contributed by atoms with Crippen LogP contribution in [0.1, 0.15) is 15.9 Å². The lowest BCUT2D eigenvalue weighted by Gasteiger charge is -2.29. The normalized spacial score (nSPS) is 14.3. The van der Waals surface area contributed by atoms with Gasteiger partial charge in [0.15, 0.2) is 0 Å². The Bertz CT molecular complexity index is 864. The predicted octanol–water partition coefficient (Wildman–Crippen LogP) is 2.85. The van der Waals surface area contributed by atoms with Gasteiger partial charge in [-0.15, -0.1) is 0 Å². The van der Waals surface area contributed by atoms with Gasteiger partial charge in [-0.1, -0.05) is 11.6 Å². The zero-order valence-corrected chi connectivity index (χ0v) is 15.1. The molecule has 1 saturated heterocycles. The number of halogens is 1. The van der Waals surface area contributed by atoms with Crippen LogP contribution in [0.25, 0.3) is 0 Å². The van der Waals surface area contributed by atoms with Crippen molar-refractivity contribution < 1.29 is 14.5 Å². The molecule has 1 aliphatic heterocycles. The number of non-ortho nitro benzene ring substituents is 1. The van der Waals surface area contributed by atoms with Gasteiger partial charge in [-0.05, 0) is 30.3 Å². The maximum Gasteiger partial charge on any atom is 0.271 e. The van der Waals surface area contributed by atoms with Crippen LogP contribution >= 0.6 is 11.6 Å². The van der Waals surface area contributed by atoms with E-state index in [0.717, 1.165) is 5.69 Å². The van der Waals surface area contributed by atoms with E-state index in [1.165, 1.54) is 18.3 Å². The molecule has 0 radical (unpaired) electrons. The molecule has 9 heteroatoms. The Labute approximate surface area is 160 Å². The highest BCUT2D eigenvalue weighted by Gasteiger charge is 2.17. The maximum atomic E-state index is 12.1.